The minimum absolute atomic E-state index is 0.0491. The van der Waals surface area contributed by atoms with Gasteiger partial charge in [-0.1, -0.05) is 6.07 Å². The molecule has 7 heteroatoms. The third-order valence-electron chi connectivity index (χ3n) is 1.91. The van der Waals surface area contributed by atoms with Crippen molar-refractivity contribution >= 4 is 17.6 Å². The molecule has 84 valence electrons. The van der Waals surface area contributed by atoms with E-state index in [-0.39, 0.29) is 11.3 Å². The molecule has 0 saturated carbocycles. The second kappa shape index (κ2) is 4.39. The molecule has 0 aliphatic rings. The SMILES string of the molecule is Cc1ccc([N+](=O)[O-])cc1C(=O)NC(N)=O. The van der Waals surface area contributed by atoms with Crippen molar-refractivity contribution in [3.8, 4) is 0 Å². The van der Waals surface area contributed by atoms with E-state index in [0.29, 0.717) is 5.56 Å². The molecule has 0 saturated heterocycles. The fourth-order valence-corrected chi connectivity index (χ4v) is 1.15. The average Bonchev–Trinajstić information content (AvgIpc) is 2.16. The van der Waals surface area contributed by atoms with E-state index >= 15 is 0 Å². The van der Waals surface area contributed by atoms with E-state index in [9.17, 15) is 19.7 Å². The van der Waals surface area contributed by atoms with Crippen LogP contribution in [0.2, 0.25) is 0 Å². The number of non-ortho nitro benzene ring substituents is 1. The van der Waals surface area contributed by atoms with Crippen molar-refractivity contribution in [1.29, 1.82) is 0 Å². The van der Waals surface area contributed by atoms with Gasteiger partial charge in [-0.25, -0.2) is 4.79 Å². The van der Waals surface area contributed by atoms with Crippen LogP contribution in [0.3, 0.4) is 0 Å². The number of hydrogen-bond acceptors (Lipinski definition) is 4. The Morgan fingerprint density at radius 3 is 2.56 bits per heavy atom. The van der Waals surface area contributed by atoms with E-state index in [4.69, 9.17) is 5.73 Å². The largest absolute Gasteiger partial charge is 0.351 e. The molecule has 0 unspecified atom stereocenters. The Balaban J connectivity index is 3.11. The molecule has 3 amide bonds. The van der Waals surface area contributed by atoms with Gasteiger partial charge in [-0.15, -0.1) is 0 Å². The fourth-order valence-electron chi connectivity index (χ4n) is 1.15. The van der Waals surface area contributed by atoms with Crippen molar-refractivity contribution in [3.05, 3.63) is 39.4 Å². The normalized spacial score (nSPS) is 9.56. The monoisotopic (exact) mass is 223 g/mol. The number of amides is 3. The Hall–Kier alpha value is -2.44. The number of imide groups is 1. The lowest BCUT2D eigenvalue weighted by Crippen LogP contribution is -2.35. The first kappa shape index (κ1) is 11.6. The molecule has 1 aromatic rings. The summed E-state index contributed by atoms with van der Waals surface area (Å²) in [6.45, 7) is 1.60. The third-order valence-corrected chi connectivity index (χ3v) is 1.91. The molecule has 3 N–H and O–H groups in total. The van der Waals surface area contributed by atoms with Gasteiger partial charge in [0.1, 0.15) is 0 Å². The van der Waals surface area contributed by atoms with E-state index in [1.54, 1.807) is 6.92 Å². The van der Waals surface area contributed by atoms with E-state index in [1.165, 1.54) is 12.1 Å². The molecule has 16 heavy (non-hydrogen) atoms. The number of rotatable bonds is 2. The number of nitrogens with zero attached hydrogens (tertiary/aromatic N) is 1. The van der Waals surface area contributed by atoms with Crippen LogP contribution in [0.4, 0.5) is 10.5 Å². The lowest BCUT2D eigenvalue weighted by Gasteiger charge is -2.04. The Morgan fingerprint density at radius 2 is 2.06 bits per heavy atom. The Kier molecular flexibility index (Phi) is 3.19. The molecule has 0 aromatic heterocycles. The van der Waals surface area contributed by atoms with Crippen LogP contribution in [-0.4, -0.2) is 16.9 Å². The van der Waals surface area contributed by atoms with Crippen molar-refractivity contribution in [2.75, 3.05) is 0 Å². The van der Waals surface area contributed by atoms with Gasteiger partial charge >= 0.3 is 6.03 Å². The minimum Gasteiger partial charge on any atom is -0.351 e. The number of nitrogens with two attached hydrogens (primary N) is 1. The topological polar surface area (TPSA) is 115 Å². The molecule has 0 spiro atoms. The molecule has 0 fully saturated rings. The van der Waals surface area contributed by atoms with Crippen LogP contribution in [-0.2, 0) is 0 Å². The van der Waals surface area contributed by atoms with Crippen LogP contribution < -0.4 is 11.1 Å². The van der Waals surface area contributed by atoms with Gasteiger partial charge in [0.25, 0.3) is 11.6 Å². The summed E-state index contributed by atoms with van der Waals surface area (Å²) in [6, 6.07) is 2.79. The van der Waals surface area contributed by atoms with Gasteiger partial charge in [-0.2, -0.15) is 0 Å². The molecule has 1 rings (SSSR count). The molecule has 0 aliphatic heterocycles. The highest BCUT2D eigenvalue weighted by atomic mass is 16.6. The molecular weight excluding hydrogens is 214 g/mol. The van der Waals surface area contributed by atoms with Crippen LogP contribution in [0.15, 0.2) is 18.2 Å². The summed E-state index contributed by atoms with van der Waals surface area (Å²) in [7, 11) is 0. The zero-order valence-electron chi connectivity index (χ0n) is 8.39. The summed E-state index contributed by atoms with van der Waals surface area (Å²) >= 11 is 0. The number of carbonyl (C=O) groups excluding carboxylic acids is 2. The van der Waals surface area contributed by atoms with Crippen LogP contribution >= 0.6 is 0 Å². The molecular formula is C9H9N3O4. The van der Waals surface area contributed by atoms with Gasteiger partial charge in [-0.3, -0.25) is 20.2 Å². The Bertz CT molecular complexity index is 470. The first-order valence-corrected chi connectivity index (χ1v) is 4.27. The summed E-state index contributed by atoms with van der Waals surface area (Å²) < 4.78 is 0. The number of hydrogen-bond donors (Lipinski definition) is 2. The number of nitro groups is 1. The van der Waals surface area contributed by atoms with Gasteiger partial charge in [0.15, 0.2) is 0 Å². The first-order chi connectivity index (χ1) is 7.41. The molecule has 0 atom stereocenters. The summed E-state index contributed by atoms with van der Waals surface area (Å²) in [5, 5.41) is 12.3. The van der Waals surface area contributed by atoms with Gasteiger partial charge in [-0.05, 0) is 12.5 Å². The molecule has 0 aliphatic carbocycles. The van der Waals surface area contributed by atoms with Crippen LogP contribution in [0.25, 0.3) is 0 Å². The summed E-state index contributed by atoms with van der Waals surface area (Å²) in [4.78, 5) is 31.8. The van der Waals surface area contributed by atoms with Crippen molar-refractivity contribution in [2.24, 2.45) is 5.73 Å². The van der Waals surface area contributed by atoms with Crippen LogP contribution in [0, 0.1) is 17.0 Å². The Morgan fingerprint density at radius 1 is 1.44 bits per heavy atom. The van der Waals surface area contributed by atoms with Gasteiger partial charge in [0, 0.05) is 17.7 Å². The molecule has 1 aromatic carbocycles. The van der Waals surface area contributed by atoms with Crippen molar-refractivity contribution in [3.63, 3.8) is 0 Å². The first-order valence-electron chi connectivity index (χ1n) is 4.27. The van der Waals surface area contributed by atoms with Crippen molar-refractivity contribution in [2.45, 2.75) is 6.92 Å². The van der Waals surface area contributed by atoms with Gasteiger partial charge < -0.3 is 5.73 Å². The van der Waals surface area contributed by atoms with E-state index in [0.717, 1.165) is 6.07 Å². The molecule has 0 heterocycles. The average molecular weight is 223 g/mol. The minimum atomic E-state index is -1.00. The van der Waals surface area contributed by atoms with Crippen LogP contribution in [0.1, 0.15) is 15.9 Å². The number of nitro benzene ring substituents is 1. The molecule has 0 radical (unpaired) electrons. The maximum absolute atomic E-state index is 11.4. The number of carbonyl (C=O) groups is 2. The van der Waals surface area contributed by atoms with E-state index in [2.05, 4.69) is 0 Å². The van der Waals surface area contributed by atoms with Gasteiger partial charge in [0.05, 0.1) is 4.92 Å². The zero-order chi connectivity index (χ0) is 12.3. The number of primary amides is 1. The molecule has 0 bridgehead atoms. The number of benzene rings is 1. The maximum Gasteiger partial charge on any atom is 0.319 e. The van der Waals surface area contributed by atoms with E-state index in [1.807, 2.05) is 5.32 Å². The van der Waals surface area contributed by atoms with Crippen molar-refractivity contribution < 1.29 is 14.5 Å². The predicted octanol–water partition coefficient (Wildman–Crippen LogP) is 0.712. The summed E-state index contributed by atoms with van der Waals surface area (Å²) in [6.07, 6.45) is 0. The fraction of sp³-hybridized carbons (Fsp3) is 0.111. The van der Waals surface area contributed by atoms with E-state index < -0.39 is 16.9 Å². The lowest BCUT2D eigenvalue weighted by atomic mass is 10.1. The Labute approximate surface area is 90.4 Å². The number of aryl methyl sites for hydroxylation is 1. The van der Waals surface area contributed by atoms with Gasteiger partial charge in [0.2, 0.25) is 0 Å². The summed E-state index contributed by atoms with van der Waals surface area (Å²) in [5.41, 5.74) is 5.12. The quantitative estimate of drug-likeness (QED) is 0.567. The zero-order valence-corrected chi connectivity index (χ0v) is 8.39. The summed E-state index contributed by atoms with van der Waals surface area (Å²) in [5.74, 6) is -0.756. The highest BCUT2D eigenvalue weighted by Gasteiger charge is 2.15. The highest BCUT2D eigenvalue weighted by molar-refractivity contribution is 6.04. The van der Waals surface area contributed by atoms with Crippen LogP contribution in [0.5, 0.6) is 0 Å². The predicted molar refractivity (Wildman–Crippen MR) is 54.9 cm³/mol. The lowest BCUT2D eigenvalue weighted by molar-refractivity contribution is -0.384. The second-order valence-corrected chi connectivity index (χ2v) is 3.07. The number of urea groups is 1. The smallest absolute Gasteiger partial charge is 0.319 e. The standard InChI is InChI=1S/C9H9N3O4/c1-5-2-3-6(12(15)16)4-7(5)8(13)11-9(10)14/h2-4H,1H3,(H3,10,11,13,14). The molecule has 7 nitrogen and oxygen atoms in total. The van der Waals surface area contributed by atoms with Crippen molar-refractivity contribution in [1.82, 2.24) is 5.32 Å². The number of nitrogens with one attached hydrogen (secondary N) is 1. The maximum atomic E-state index is 11.4. The highest BCUT2D eigenvalue weighted by Crippen LogP contribution is 2.17. The third kappa shape index (κ3) is 2.53. The second-order valence-electron chi connectivity index (χ2n) is 3.07.